The van der Waals surface area contributed by atoms with Crippen LogP contribution in [0, 0.1) is 18.8 Å². The molecule has 0 radical (unpaired) electrons. The number of ether oxygens (including phenoxy) is 3. The smallest absolute Gasteiger partial charge is 0.263 e. The van der Waals surface area contributed by atoms with Gasteiger partial charge in [0.15, 0.2) is 11.5 Å². The first-order chi connectivity index (χ1) is 18.0. The van der Waals surface area contributed by atoms with Crippen LogP contribution in [-0.4, -0.2) is 62.6 Å². The molecule has 13 heteroatoms. The van der Waals surface area contributed by atoms with Crippen molar-refractivity contribution in [1.29, 1.82) is 0 Å². The van der Waals surface area contributed by atoms with Gasteiger partial charge in [0.2, 0.25) is 21.7 Å². The number of amides is 1. The third-order valence-electron chi connectivity index (χ3n) is 6.50. The summed E-state index contributed by atoms with van der Waals surface area (Å²) in [6, 6.07) is 3.13. The minimum Gasteiger partial charge on any atom is -0.493 e. The largest absolute Gasteiger partial charge is 0.493 e. The molecule has 0 bridgehead atoms. The SMILES string of the molecule is COc1cc(NC(=O)Cn2cnc3sc(C)c(S(=O)(=O)N4CC(C)CC(C)C4)c3c2=O)cc(OC)c1OC. The Morgan fingerprint density at radius 2 is 1.71 bits per heavy atom. The van der Waals surface area contributed by atoms with Crippen molar-refractivity contribution in [1.82, 2.24) is 13.9 Å². The molecule has 2 aromatic heterocycles. The van der Waals surface area contributed by atoms with E-state index in [4.69, 9.17) is 14.2 Å². The van der Waals surface area contributed by atoms with Gasteiger partial charge >= 0.3 is 0 Å². The molecule has 3 aromatic rings. The highest BCUT2D eigenvalue weighted by Crippen LogP contribution is 2.40. The second-order valence-corrected chi connectivity index (χ2v) is 12.7. The van der Waals surface area contributed by atoms with Crippen LogP contribution in [0.15, 0.2) is 28.2 Å². The van der Waals surface area contributed by atoms with Crippen LogP contribution in [0.2, 0.25) is 0 Å². The zero-order chi connectivity index (χ0) is 27.8. The number of rotatable bonds is 8. The molecule has 0 spiro atoms. The lowest BCUT2D eigenvalue weighted by atomic mass is 9.94. The second kappa shape index (κ2) is 10.9. The topological polar surface area (TPSA) is 129 Å². The molecule has 11 nitrogen and oxygen atoms in total. The summed E-state index contributed by atoms with van der Waals surface area (Å²) in [6.07, 6.45) is 2.21. The average Bonchev–Trinajstić information content (AvgIpc) is 3.21. The van der Waals surface area contributed by atoms with Crippen LogP contribution < -0.4 is 25.1 Å². The molecule has 1 saturated heterocycles. The van der Waals surface area contributed by atoms with Gasteiger partial charge in [-0.1, -0.05) is 13.8 Å². The summed E-state index contributed by atoms with van der Waals surface area (Å²) in [5.74, 6) is 0.995. The van der Waals surface area contributed by atoms with Crippen molar-refractivity contribution in [3.8, 4) is 17.2 Å². The summed E-state index contributed by atoms with van der Waals surface area (Å²) < 4.78 is 45.9. The highest BCUT2D eigenvalue weighted by molar-refractivity contribution is 7.89. The highest BCUT2D eigenvalue weighted by atomic mass is 32.2. The molecule has 38 heavy (non-hydrogen) atoms. The molecule has 0 aliphatic carbocycles. The van der Waals surface area contributed by atoms with Gasteiger partial charge in [0.25, 0.3) is 5.56 Å². The number of fused-ring (bicyclic) bond motifs is 1. The minimum atomic E-state index is -3.93. The molecule has 1 N–H and O–H groups in total. The molecule has 4 rings (SSSR count). The Morgan fingerprint density at radius 1 is 1.11 bits per heavy atom. The Bertz CT molecular complexity index is 1500. The molecular formula is C25H32N4O7S2. The van der Waals surface area contributed by atoms with Crippen molar-refractivity contribution in [3.63, 3.8) is 0 Å². The number of hydrogen-bond donors (Lipinski definition) is 1. The van der Waals surface area contributed by atoms with Gasteiger partial charge in [-0.2, -0.15) is 4.31 Å². The molecule has 2 unspecified atom stereocenters. The van der Waals surface area contributed by atoms with E-state index in [1.165, 1.54) is 32.0 Å². The lowest BCUT2D eigenvalue weighted by Crippen LogP contribution is -2.42. The molecule has 1 amide bonds. The molecule has 1 aromatic carbocycles. The van der Waals surface area contributed by atoms with Crippen LogP contribution in [0.5, 0.6) is 17.2 Å². The first-order valence-corrected chi connectivity index (χ1v) is 14.3. The van der Waals surface area contributed by atoms with E-state index in [9.17, 15) is 18.0 Å². The fourth-order valence-electron chi connectivity index (χ4n) is 4.98. The monoisotopic (exact) mass is 564 g/mol. The number of methoxy groups -OCH3 is 3. The van der Waals surface area contributed by atoms with Crippen molar-refractivity contribution < 1.29 is 27.4 Å². The molecule has 0 saturated carbocycles. The summed E-state index contributed by atoms with van der Waals surface area (Å²) in [4.78, 5) is 31.5. The second-order valence-electron chi connectivity index (χ2n) is 9.58. The highest BCUT2D eigenvalue weighted by Gasteiger charge is 2.36. The molecule has 1 aliphatic heterocycles. The number of nitrogens with zero attached hydrogens (tertiary/aromatic N) is 3. The normalized spacial score (nSPS) is 18.4. The Labute approximate surface area is 225 Å². The molecule has 3 heterocycles. The number of aromatic nitrogens is 2. The third-order valence-corrected chi connectivity index (χ3v) is 9.64. The van der Waals surface area contributed by atoms with E-state index >= 15 is 0 Å². The van der Waals surface area contributed by atoms with E-state index in [0.717, 1.165) is 22.3 Å². The summed E-state index contributed by atoms with van der Waals surface area (Å²) in [7, 11) is 0.466. The quantitative estimate of drug-likeness (QED) is 0.442. The maximum absolute atomic E-state index is 13.7. The first kappa shape index (κ1) is 27.9. The van der Waals surface area contributed by atoms with Crippen LogP contribution in [-0.2, 0) is 21.4 Å². The standard InChI is InChI=1S/C25H32N4O7S2/c1-14-7-15(2)11-29(10-14)38(32,33)23-16(3)37-24-21(23)25(31)28(13-26-24)12-20(30)27-17-8-18(34-4)22(36-6)19(9-17)35-5/h8-9,13-15H,7,10-12H2,1-6H3,(H,27,30). The zero-order valence-electron chi connectivity index (χ0n) is 22.2. The number of sulfonamides is 1. The number of piperidine rings is 1. The number of anilines is 1. The van der Waals surface area contributed by atoms with Gasteiger partial charge in [0.05, 0.1) is 33.0 Å². The van der Waals surface area contributed by atoms with E-state index in [2.05, 4.69) is 10.3 Å². The number of aryl methyl sites for hydroxylation is 1. The van der Waals surface area contributed by atoms with Gasteiger partial charge < -0.3 is 19.5 Å². The fraction of sp³-hybridized carbons (Fsp3) is 0.480. The van der Waals surface area contributed by atoms with E-state index in [1.54, 1.807) is 19.1 Å². The Balaban J connectivity index is 1.67. The Kier molecular flexibility index (Phi) is 8.00. The van der Waals surface area contributed by atoms with Gasteiger partial charge in [0, 0.05) is 35.8 Å². The maximum Gasteiger partial charge on any atom is 0.263 e. The van der Waals surface area contributed by atoms with Crippen LogP contribution in [0.25, 0.3) is 10.2 Å². The number of carbonyl (C=O) groups is 1. The van der Waals surface area contributed by atoms with Crippen LogP contribution in [0.1, 0.15) is 25.1 Å². The maximum atomic E-state index is 13.7. The summed E-state index contributed by atoms with van der Waals surface area (Å²) >= 11 is 1.16. The van der Waals surface area contributed by atoms with Gasteiger partial charge in [-0.25, -0.2) is 13.4 Å². The van der Waals surface area contributed by atoms with Gasteiger partial charge in [-0.15, -0.1) is 11.3 Å². The van der Waals surface area contributed by atoms with E-state index in [0.29, 0.717) is 45.7 Å². The molecule has 2 atom stereocenters. The van der Waals surface area contributed by atoms with Crippen molar-refractivity contribution in [2.24, 2.45) is 11.8 Å². The predicted molar refractivity (Wildman–Crippen MR) is 145 cm³/mol. The van der Waals surface area contributed by atoms with Crippen molar-refractivity contribution in [2.75, 3.05) is 39.7 Å². The lowest BCUT2D eigenvalue weighted by Gasteiger charge is -2.34. The predicted octanol–water partition coefficient (Wildman–Crippen LogP) is 3.10. The molecule has 206 valence electrons. The number of hydrogen-bond acceptors (Lipinski definition) is 9. The van der Waals surface area contributed by atoms with Gasteiger partial charge in [-0.3, -0.25) is 14.2 Å². The van der Waals surface area contributed by atoms with Crippen LogP contribution in [0.4, 0.5) is 5.69 Å². The van der Waals surface area contributed by atoms with Gasteiger partial charge in [0.1, 0.15) is 16.3 Å². The van der Waals surface area contributed by atoms with E-state index in [-0.39, 0.29) is 28.7 Å². The first-order valence-electron chi connectivity index (χ1n) is 12.1. The van der Waals surface area contributed by atoms with E-state index < -0.39 is 21.5 Å². The Hall–Kier alpha value is -3.16. The van der Waals surface area contributed by atoms with E-state index in [1.807, 2.05) is 13.8 Å². The minimum absolute atomic E-state index is 0.0152. The lowest BCUT2D eigenvalue weighted by molar-refractivity contribution is -0.116. The summed E-state index contributed by atoms with van der Waals surface area (Å²) in [6.45, 7) is 6.15. The van der Waals surface area contributed by atoms with Crippen molar-refractivity contribution >= 4 is 43.2 Å². The molecular weight excluding hydrogens is 532 g/mol. The summed E-state index contributed by atoms with van der Waals surface area (Å²) in [5.41, 5.74) is -0.217. The number of thiophene rings is 1. The zero-order valence-corrected chi connectivity index (χ0v) is 23.9. The number of benzene rings is 1. The third kappa shape index (κ3) is 5.22. The van der Waals surface area contributed by atoms with Gasteiger partial charge in [-0.05, 0) is 25.2 Å². The van der Waals surface area contributed by atoms with Crippen molar-refractivity contribution in [3.05, 3.63) is 33.7 Å². The number of carbonyl (C=O) groups excluding carboxylic acids is 1. The molecule has 1 aliphatic rings. The Morgan fingerprint density at radius 3 is 2.26 bits per heavy atom. The van der Waals surface area contributed by atoms with Crippen LogP contribution in [0.3, 0.4) is 0 Å². The molecule has 1 fully saturated rings. The summed E-state index contributed by atoms with van der Waals surface area (Å²) in [5, 5.41) is 2.73. The van der Waals surface area contributed by atoms with Crippen molar-refractivity contribution in [2.45, 2.75) is 38.6 Å². The number of nitrogens with one attached hydrogen (secondary N) is 1. The fourth-order valence-corrected chi connectivity index (χ4v) is 8.32. The average molecular weight is 565 g/mol. The van der Waals surface area contributed by atoms with Crippen LogP contribution >= 0.6 is 11.3 Å².